The molecule has 0 heterocycles. The molecule has 3 nitrogen and oxygen atoms in total. The van der Waals surface area contributed by atoms with Crippen LogP contribution in [-0.2, 0) is 5.54 Å². The first-order valence-corrected chi connectivity index (χ1v) is 5.47. The highest BCUT2D eigenvalue weighted by Crippen LogP contribution is 2.36. The molecular weight excluding hydrogens is 209 g/mol. The molecule has 0 unspecified atom stereocenters. The van der Waals surface area contributed by atoms with Crippen LogP contribution in [0.4, 0.5) is 4.39 Å². The van der Waals surface area contributed by atoms with Gasteiger partial charge in [0.2, 0.25) is 0 Å². The van der Waals surface area contributed by atoms with Gasteiger partial charge in [-0.15, -0.1) is 0 Å². The van der Waals surface area contributed by atoms with E-state index in [1.807, 2.05) is 0 Å². The van der Waals surface area contributed by atoms with Gasteiger partial charge in [-0.3, -0.25) is 0 Å². The third-order valence-electron chi connectivity index (χ3n) is 3.34. The Morgan fingerprint density at radius 2 is 1.94 bits per heavy atom. The number of rotatable bonds is 1. The summed E-state index contributed by atoms with van der Waals surface area (Å²) in [6, 6.07) is 4.05. The lowest BCUT2D eigenvalue weighted by Gasteiger charge is -2.36. The maximum Gasteiger partial charge on any atom is 0.131 e. The van der Waals surface area contributed by atoms with Gasteiger partial charge in [0.15, 0.2) is 0 Å². The van der Waals surface area contributed by atoms with Crippen molar-refractivity contribution in [3.8, 4) is 5.75 Å². The summed E-state index contributed by atoms with van der Waals surface area (Å²) in [6.45, 7) is 0. The van der Waals surface area contributed by atoms with E-state index in [0.29, 0.717) is 31.2 Å². The van der Waals surface area contributed by atoms with Crippen LogP contribution >= 0.6 is 0 Å². The topological polar surface area (TPSA) is 66.5 Å². The molecule has 1 saturated carbocycles. The van der Waals surface area contributed by atoms with E-state index in [1.165, 1.54) is 12.1 Å². The van der Waals surface area contributed by atoms with Crippen molar-refractivity contribution in [2.45, 2.75) is 37.3 Å². The quantitative estimate of drug-likeness (QED) is 0.680. The first-order valence-electron chi connectivity index (χ1n) is 5.47. The van der Waals surface area contributed by atoms with Crippen molar-refractivity contribution in [2.75, 3.05) is 0 Å². The molecule has 0 saturated heterocycles. The third-order valence-corrected chi connectivity index (χ3v) is 3.34. The molecule has 2 rings (SSSR count). The summed E-state index contributed by atoms with van der Waals surface area (Å²) in [5, 5.41) is 18.6. The van der Waals surface area contributed by atoms with E-state index in [9.17, 15) is 9.50 Å². The predicted molar refractivity (Wildman–Crippen MR) is 58.4 cm³/mol. The van der Waals surface area contributed by atoms with Gasteiger partial charge < -0.3 is 15.9 Å². The molecule has 1 aromatic carbocycles. The van der Waals surface area contributed by atoms with Crippen molar-refractivity contribution in [1.29, 1.82) is 0 Å². The molecule has 0 amide bonds. The zero-order valence-corrected chi connectivity index (χ0v) is 8.99. The maximum atomic E-state index is 13.7. The number of aliphatic hydroxyl groups is 1. The summed E-state index contributed by atoms with van der Waals surface area (Å²) in [4.78, 5) is 0. The number of benzene rings is 1. The van der Waals surface area contributed by atoms with Crippen molar-refractivity contribution in [3.05, 3.63) is 29.6 Å². The SMILES string of the molecule is NC1(c2ccc(O)cc2F)CCC(O)CC1. The fourth-order valence-electron chi connectivity index (χ4n) is 2.29. The lowest BCUT2D eigenvalue weighted by Crippen LogP contribution is -2.42. The van der Waals surface area contributed by atoms with Crippen molar-refractivity contribution in [1.82, 2.24) is 0 Å². The van der Waals surface area contributed by atoms with E-state index in [1.54, 1.807) is 0 Å². The fraction of sp³-hybridized carbons (Fsp3) is 0.500. The van der Waals surface area contributed by atoms with Gasteiger partial charge in [-0.1, -0.05) is 6.07 Å². The number of phenolic OH excluding ortho intramolecular Hbond substituents is 1. The average Bonchev–Trinajstić information content (AvgIpc) is 2.22. The van der Waals surface area contributed by atoms with Crippen molar-refractivity contribution in [2.24, 2.45) is 5.73 Å². The molecule has 88 valence electrons. The zero-order chi connectivity index (χ0) is 11.8. The normalized spacial score (nSPS) is 30.3. The maximum absolute atomic E-state index is 13.7. The molecule has 0 aliphatic heterocycles. The summed E-state index contributed by atoms with van der Waals surface area (Å²) in [6.07, 6.45) is 2.00. The van der Waals surface area contributed by atoms with Crippen molar-refractivity contribution >= 4 is 0 Å². The lowest BCUT2D eigenvalue weighted by molar-refractivity contribution is 0.0957. The summed E-state index contributed by atoms with van der Waals surface area (Å²) >= 11 is 0. The van der Waals surface area contributed by atoms with Gasteiger partial charge in [-0.05, 0) is 31.7 Å². The van der Waals surface area contributed by atoms with Gasteiger partial charge in [-0.25, -0.2) is 4.39 Å². The van der Waals surface area contributed by atoms with Crippen molar-refractivity contribution in [3.63, 3.8) is 0 Å². The van der Waals surface area contributed by atoms with Gasteiger partial charge >= 0.3 is 0 Å². The van der Waals surface area contributed by atoms with Crippen molar-refractivity contribution < 1.29 is 14.6 Å². The molecular formula is C12H16FNO2. The summed E-state index contributed by atoms with van der Waals surface area (Å²) < 4.78 is 13.7. The molecule has 1 aliphatic carbocycles. The molecule has 0 aromatic heterocycles. The first kappa shape index (κ1) is 11.4. The monoisotopic (exact) mass is 225 g/mol. The Morgan fingerprint density at radius 3 is 2.50 bits per heavy atom. The largest absolute Gasteiger partial charge is 0.508 e. The van der Waals surface area contributed by atoms with E-state index in [4.69, 9.17) is 10.8 Å². The Labute approximate surface area is 93.7 Å². The third kappa shape index (κ3) is 2.03. The first-order chi connectivity index (χ1) is 7.51. The number of aromatic hydroxyl groups is 1. The van der Waals surface area contributed by atoms with Crippen LogP contribution in [0.2, 0.25) is 0 Å². The Kier molecular flexibility index (Phi) is 2.86. The highest BCUT2D eigenvalue weighted by molar-refractivity contribution is 5.33. The van der Waals surface area contributed by atoms with Crippen LogP contribution in [-0.4, -0.2) is 16.3 Å². The molecule has 0 atom stereocenters. The number of hydrogen-bond donors (Lipinski definition) is 3. The Balaban J connectivity index is 2.29. The number of aliphatic hydroxyl groups excluding tert-OH is 1. The van der Waals surface area contributed by atoms with Gasteiger partial charge in [-0.2, -0.15) is 0 Å². The fourth-order valence-corrected chi connectivity index (χ4v) is 2.29. The second-order valence-electron chi connectivity index (χ2n) is 4.55. The van der Waals surface area contributed by atoms with Crippen LogP contribution in [0.5, 0.6) is 5.75 Å². The number of phenols is 1. The van der Waals surface area contributed by atoms with Gasteiger partial charge in [0.25, 0.3) is 0 Å². The molecule has 0 radical (unpaired) electrons. The molecule has 1 aliphatic rings. The number of nitrogens with two attached hydrogens (primary N) is 1. The van der Waals surface area contributed by atoms with E-state index in [2.05, 4.69) is 0 Å². The van der Waals surface area contributed by atoms with Gasteiger partial charge in [0, 0.05) is 17.2 Å². The summed E-state index contributed by atoms with van der Waals surface area (Å²) in [5.74, 6) is -0.570. The molecule has 0 spiro atoms. The molecule has 4 N–H and O–H groups in total. The van der Waals surface area contributed by atoms with Crippen LogP contribution < -0.4 is 5.73 Å². The van der Waals surface area contributed by atoms with Gasteiger partial charge in [0.1, 0.15) is 11.6 Å². The standard InChI is InChI=1S/C12H16FNO2/c13-11-7-9(16)1-2-10(11)12(14)5-3-8(15)4-6-12/h1-2,7-8,15-16H,3-6,14H2. The van der Waals surface area contributed by atoms with E-state index < -0.39 is 11.4 Å². The molecule has 4 heteroatoms. The second kappa shape index (κ2) is 4.03. The summed E-state index contributed by atoms with van der Waals surface area (Å²) in [5.41, 5.74) is 5.88. The highest BCUT2D eigenvalue weighted by Gasteiger charge is 2.34. The smallest absolute Gasteiger partial charge is 0.131 e. The highest BCUT2D eigenvalue weighted by atomic mass is 19.1. The number of halogens is 1. The minimum Gasteiger partial charge on any atom is -0.508 e. The van der Waals surface area contributed by atoms with E-state index in [0.717, 1.165) is 6.07 Å². The Hall–Kier alpha value is -1.13. The molecule has 0 bridgehead atoms. The second-order valence-corrected chi connectivity index (χ2v) is 4.55. The van der Waals surface area contributed by atoms with E-state index in [-0.39, 0.29) is 11.9 Å². The summed E-state index contributed by atoms with van der Waals surface area (Å²) in [7, 11) is 0. The minimum atomic E-state index is -0.711. The Bertz CT molecular complexity index is 387. The lowest BCUT2D eigenvalue weighted by atomic mass is 9.76. The molecule has 1 fully saturated rings. The van der Waals surface area contributed by atoms with Crippen LogP contribution in [0.15, 0.2) is 18.2 Å². The molecule has 1 aromatic rings. The van der Waals surface area contributed by atoms with Crippen LogP contribution in [0.25, 0.3) is 0 Å². The minimum absolute atomic E-state index is 0.0966. The van der Waals surface area contributed by atoms with Crippen LogP contribution in [0.3, 0.4) is 0 Å². The Morgan fingerprint density at radius 1 is 1.31 bits per heavy atom. The number of hydrogen-bond acceptors (Lipinski definition) is 3. The average molecular weight is 225 g/mol. The van der Waals surface area contributed by atoms with Crippen LogP contribution in [0.1, 0.15) is 31.2 Å². The van der Waals surface area contributed by atoms with Gasteiger partial charge in [0.05, 0.1) is 6.10 Å². The van der Waals surface area contributed by atoms with Crippen LogP contribution in [0, 0.1) is 5.82 Å². The molecule has 16 heavy (non-hydrogen) atoms. The zero-order valence-electron chi connectivity index (χ0n) is 8.99. The van der Waals surface area contributed by atoms with E-state index >= 15 is 0 Å². The predicted octanol–water partition coefficient (Wildman–Crippen LogP) is 1.62.